The van der Waals surface area contributed by atoms with Crippen LogP contribution in [0.3, 0.4) is 0 Å². The molecule has 0 spiro atoms. The molecule has 2 heterocycles. The molecule has 3 rings (SSSR count). The number of hydrogen-bond acceptors (Lipinski definition) is 4. The lowest BCUT2D eigenvalue weighted by molar-refractivity contribution is 0.0502. The van der Waals surface area contributed by atoms with Gasteiger partial charge in [-0.3, -0.25) is 4.79 Å². The molecule has 1 unspecified atom stereocenters. The molecule has 1 fully saturated rings. The first-order valence-corrected chi connectivity index (χ1v) is 7.59. The van der Waals surface area contributed by atoms with Crippen LogP contribution in [-0.4, -0.2) is 48.3 Å². The number of carbonyl (C=O) groups is 1. The Labute approximate surface area is 128 Å². The number of rotatable bonds is 2. The fraction of sp³-hybridized carbons (Fsp3) is 0.533. The molecule has 1 aromatic rings. The van der Waals surface area contributed by atoms with Gasteiger partial charge in [-0.15, -0.1) is 0 Å². The van der Waals surface area contributed by atoms with Crippen LogP contribution in [0, 0.1) is 0 Å². The van der Waals surface area contributed by atoms with Gasteiger partial charge in [-0.05, 0) is 31.4 Å². The average molecular weight is 312 g/mol. The largest absolute Gasteiger partial charge is 0.486 e. The van der Waals surface area contributed by atoms with Gasteiger partial charge in [0.25, 0.3) is 5.91 Å². The summed E-state index contributed by atoms with van der Waals surface area (Å²) < 4.78 is 11.0. The molecule has 0 saturated carbocycles. The number of benzene rings is 1. The van der Waals surface area contributed by atoms with E-state index >= 15 is 0 Å². The fourth-order valence-corrected chi connectivity index (χ4v) is 3.12. The Hall–Kier alpha value is -1.46. The summed E-state index contributed by atoms with van der Waals surface area (Å²) in [5.41, 5.74) is 0.476. The summed E-state index contributed by atoms with van der Waals surface area (Å²) in [6.07, 6.45) is 2.83. The van der Waals surface area contributed by atoms with Crippen molar-refractivity contribution in [2.45, 2.75) is 25.3 Å². The van der Waals surface area contributed by atoms with Crippen LogP contribution in [0.5, 0.6) is 11.5 Å². The van der Waals surface area contributed by atoms with Gasteiger partial charge in [-0.25, -0.2) is 0 Å². The standard InChI is InChI=1S/C15H18ClNO4/c16-12-7-10(8-13-14(12)21-6-5-20-13)15(19)17-4-2-1-3-11(17)9-18/h7-8,11,18H,1-6,9H2. The van der Waals surface area contributed by atoms with Crippen molar-refractivity contribution in [3.8, 4) is 11.5 Å². The van der Waals surface area contributed by atoms with Gasteiger partial charge >= 0.3 is 0 Å². The average Bonchev–Trinajstić information content (AvgIpc) is 2.54. The zero-order chi connectivity index (χ0) is 14.8. The molecule has 1 N–H and O–H groups in total. The second-order valence-corrected chi connectivity index (χ2v) is 5.72. The van der Waals surface area contributed by atoms with Crippen LogP contribution in [0.25, 0.3) is 0 Å². The minimum absolute atomic E-state index is 0.00990. The summed E-state index contributed by atoms with van der Waals surface area (Å²) in [4.78, 5) is 14.4. The van der Waals surface area contributed by atoms with Gasteiger partial charge in [-0.2, -0.15) is 0 Å². The topological polar surface area (TPSA) is 59.0 Å². The summed E-state index contributed by atoms with van der Waals surface area (Å²) in [5, 5.41) is 9.82. The van der Waals surface area contributed by atoms with Crippen LogP contribution >= 0.6 is 11.6 Å². The number of amides is 1. The Morgan fingerprint density at radius 3 is 2.95 bits per heavy atom. The van der Waals surface area contributed by atoms with Gasteiger partial charge in [0.15, 0.2) is 11.5 Å². The third kappa shape index (κ3) is 2.80. The maximum Gasteiger partial charge on any atom is 0.254 e. The van der Waals surface area contributed by atoms with Gasteiger partial charge in [-0.1, -0.05) is 11.6 Å². The van der Waals surface area contributed by atoms with Gasteiger partial charge in [0, 0.05) is 12.1 Å². The molecule has 1 aromatic carbocycles. The van der Waals surface area contributed by atoms with Crippen LogP contribution in [0.4, 0.5) is 0 Å². The highest BCUT2D eigenvalue weighted by Crippen LogP contribution is 2.38. The number of ether oxygens (including phenoxy) is 2. The molecule has 0 aliphatic carbocycles. The van der Waals surface area contributed by atoms with Gasteiger partial charge in [0.2, 0.25) is 0 Å². The molecule has 6 heteroatoms. The molecular formula is C15H18ClNO4. The van der Waals surface area contributed by atoms with Crippen molar-refractivity contribution in [3.05, 3.63) is 22.7 Å². The second-order valence-electron chi connectivity index (χ2n) is 5.31. The molecule has 0 aromatic heterocycles. The van der Waals surface area contributed by atoms with E-state index in [4.69, 9.17) is 21.1 Å². The highest BCUT2D eigenvalue weighted by atomic mass is 35.5. The van der Waals surface area contributed by atoms with Crippen molar-refractivity contribution in [1.82, 2.24) is 4.90 Å². The molecule has 1 amide bonds. The Bertz CT molecular complexity index is 549. The number of hydrogen-bond donors (Lipinski definition) is 1. The lowest BCUT2D eigenvalue weighted by atomic mass is 10.0. The first-order chi connectivity index (χ1) is 10.2. The Morgan fingerprint density at radius 1 is 1.33 bits per heavy atom. The van der Waals surface area contributed by atoms with Gasteiger partial charge < -0.3 is 19.5 Å². The minimum atomic E-state index is -0.118. The van der Waals surface area contributed by atoms with E-state index in [1.54, 1.807) is 17.0 Å². The highest BCUT2D eigenvalue weighted by Gasteiger charge is 2.28. The third-order valence-electron chi connectivity index (χ3n) is 3.94. The van der Waals surface area contributed by atoms with Crippen molar-refractivity contribution in [3.63, 3.8) is 0 Å². The number of aliphatic hydroxyl groups excluding tert-OH is 1. The SMILES string of the molecule is O=C(c1cc(Cl)c2c(c1)OCCO2)N1CCCCC1CO. The Kier molecular flexibility index (Phi) is 4.22. The number of fused-ring (bicyclic) bond motifs is 1. The normalized spacial score (nSPS) is 21.2. The van der Waals surface area contributed by atoms with Crippen LogP contribution < -0.4 is 9.47 Å². The van der Waals surface area contributed by atoms with Crippen molar-refractivity contribution < 1.29 is 19.4 Å². The Morgan fingerprint density at radius 2 is 2.14 bits per heavy atom. The maximum absolute atomic E-state index is 12.7. The smallest absolute Gasteiger partial charge is 0.254 e. The number of carbonyl (C=O) groups excluding carboxylic acids is 1. The zero-order valence-corrected chi connectivity index (χ0v) is 12.4. The molecule has 2 aliphatic heterocycles. The molecule has 21 heavy (non-hydrogen) atoms. The molecule has 0 radical (unpaired) electrons. The van der Waals surface area contributed by atoms with E-state index in [-0.39, 0.29) is 18.6 Å². The number of nitrogens with zero attached hydrogens (tertiary/aromatic N) is 1. The van der Waals surface area contributed by atoms with Crippen molar-refractivity contribution in [2.24, 2.45) is 0 Å². The molecule has 1 saturated heterocycles. The van der Waals surface area contributed by atoms with Crippen LogP contribution in [0.15, 0.2) is 12.1 Å². The zero-order valence-electron chi connectivity index (χ0n) is 11.7. The van der Waals surface area contributed by atoms with E-state index in [0.717, 1.165) is 19.3 Å². The van der Waals surface area contributed by atoms with E-state index in [9.17, 15) is 9.90 Å². The molecule has 1 atom stereocenters. The lowest BCUT2D eigenvalue weighted by Crippen LogP contribution is -2.45. The first kappa shape index (κ1) is 14.5. The summed E-state index contributed by atoms with van der Waals surface area (Å²) >= 11 is 6.18. The fourth-order valence-electron chi connectivity index (χ4n) is 2.86. The molecule has 114 valence electrons. The summed E-state index contributed by atoms with van der Waals surface area (Å²) in [7, 11) is 0. The molecule has 2 aliphatic rings. The van der Waals surface area contributed by atoms with Gasteiger partial charge in [0.05, 0.1) is 17.7 Å². The van der Waals surface area contributed by atoms with E-state index in [2.05, 4.69) is 0 Å². The van der Waals surface area contributed by atoms with Crippen molar-refractivity contribution in [1.29, 1.82) is 0 Å². The quantitative estimate of drug-likeness (QED) is 0.908. The lowest BCUT2D eigenvalue weighted by Gasteiger charge is -2.35. The predicted octanol–water partition coefficient (Wildman–Crippen LogP) is 2.10. The van der Waals surface area contributed by atoms with E-state index < -0.39 is 0 Å². The van der Waals surface area contributed by atoms with Crippen molar-refractivity contribution in [2.75, 3.05) is 26.4 Å². The number of halogens is 1. The summed E-state index contributed by atoms with van der Waals surface area (Å²) in [5.74, 6) is 0.888. The van der Waals surface area contributed by atoms with E-state index in [0.29, 0.717) is 41.8 Å². The number of piperidine rings is 1. The molecule has 0 bridgehead atoms. The third-order valence-corrected chi connectivity index (χ3v) is 4.22. The molecular weight excluding hydrogens is 294 g/mol. The van der Waals surface area contributed by atoms with Crippen LogP contribution in [0.1, 0.15) is 29.6 Å². The summed E-state index contributed by atoms with van der Waals surface area (Å²) in [6.45, 7) is 1.56. The Balaban J connectivity index is 1.89. The molecule has 5 nitrogen and oxygen atoms in total. The van der Waals surface area contributed by atoms with E-state index in [1.807, 2.05) is 0 Å². The monoisotopic (exact) mass is 311 g/mol. The van der Waals surface area contributed by atoms with Crippen LogP contribution in [-0.2, 0) is 0 Å². The number of likely N-dealkylation sites (tertiary alicyclic amines) is 1. The van der Waals surface area contributed by atoms with Crippen molar-refractivity contribution >= 4 is 17.5 Å². The predicted molar refractivity (Wildman–Crippen MR) is 78.2 cm³/mol. The van der Waals surface area contributed by atoms with Gasteiger partial charge in [0.1, 0.15) is 13.2 Å². The maximum atomic E-state index is 12.7. The summed E-state index contributed by atoms with van der Waals surface area (Å²) in [6, 6.07) is 3.17. The first-order valence-electron chi connectivity index (χ1n) is 7.21. The second kappa shape index (κ2) is 6.12. The minimum Gasteiger partial charge on any atom is -0.486 e. The van der Waals surface area contributed by atoms with E-state index in [1.165, 1.54) is 0 Å². The van der Waals surface area contributed by atoms with Crippen LogP contribution in [0.2, 0.25) is 5.02 Å². The highest BCUT2D eigenvalue weighted by molar-refractivity contribution is 6.32. The number of aliphatic hydroxyl groups is 1.